The highest BCUT2D eigenvalue weighted by atomic mass is 16.5. The van der Waals surface area contributed by atoms with E-state index >= 15 is 0 Å². The van der Waals surface area contributed by atoms with E-state index in [-0.39, 0.29) is 17.9 Å². The molecule has 7 heteroatoms. The first kappa shape index (κ1) is 20.6. The minimum atomic E-state index is 0.0149. The second kappa shape index (κ2) is 10.4. The Morgan fingerprint density at radius 1 is 1.21 bits per heavy atom. The molecule has 2 aliphatic rings. The van der Waals surface area contributed by atoms with E-state index in [1.807, 2.05) is 12.1 Å². The summed E-state index contributed by atoms with van der Waals surface area (Å²) in [5, 5.41) is 5.97. The maximum Gasteiger partial charge on any atom is 0.221 e. The van der Waals surface area contributed by atoms with Crippen LogP contribution in [0.3, 0.4) is 0 Å². The molecule has 1 aliphatic carbocycles. The molecule has 0 radical (unpaired) electrons. The van der Waals surface area contributed by atoms with Crippen molar-refractivity contribution in [2.24, 2.45) is 5.92 Å². The molecule has 2 heterocycles. The predicted molar refractivity (Wildman–Crippen MR) is 107 cm³/mol. The molecule has 7 nitrogen and oxygen atoms in total. The molecule has 2 N–H and O–H groups in total. The van der Waals surface area contributed by atoms with Gasteiger partial charge in [-0.15, -0.1) is 0 Å². The van der Waals surface area contributed by atoms with Crippen molar-refractivity contribution in [2.75, 3.05) is 26.2 Å². The first-order valence-corrected chi connectivity index (χ1v) is 10.4. The molecule has 2 fully saturated rings. The van der Waals surface area contributed by atoms with Gasteiger partial charge in [0.2, 0.25) is 11.8 Å². The molecule has 0 unspecified atom stereocenters. The summed E-state index contributed by atoms with van der Waals surface area (Å²) in [6.07, 6.45) is 9.35. The first-order valence-electron chi connectivity index (χ1n) is 10.4. The average Bonchev–Trinajstić information content (AvgIpc) is 3.43. The van der Waals surface area contributed by atoms with Crippen molar-refractivity contribution in [1.82, 2.24) is 20.5 Å². The van der Waals surface area contributed by atoms with Gasteiger partial charge in [0.05, 0.1) is 12.8 Å². The summed E-state index contributed by atoms with van der Waals surface area (Å²) in [5.74, 6) is 1.64. The molecule has 1 saturated heterocycles. The number of nitrogens with one attached hydrogen (secondary N) is 2. The van der Waals surface area contributed by atoms with Crippen LogP contribution in [-0.2, 0) is 9.59 Å². The van der Waals surface area contributed by atoms with Crippen molar-refractivity contribution < 1.29 is 14.3 Å². The van der Waals surface area contributed by atoms with Crippen LogP contribution >= 0.6 is 0 Å². The normalized spacial score (nSPS) is 22.0. The zero-order chi connectivity index (χ0) is 19.8. The van der Waals surface area contributed by atoms with Crippen LogP contribution in [0.2, 0.25) is 0 Å². The van der Waals surface area contributed by atoms with Crippen molar-refractivity contribution in [3.63, 3.8) is 0 Å². The standard InChI is InChI=1S/C21H32N4O3/c1-16(26)24-13-19-8-7-18(25(19)15-17-5-6-17)12-21(27)23-10-3-11-28-20-4-2-9-22-14-20/h2,4,9,14,17-19H,3,5-8,10-13,15H2,1H3,(H,23,27)(H,24,26)/t18-,19+/m0/s1. The van der Waals surface area contributed by atoms with Crippen LogP contribution < -0.4 is 15.4 Å². The third-order valence-electron chi connectivity index (χ3n) is 5.49. The lowest BCUT2D eigenvalue weighted by molar-refractivity contribution is -0.122. The molecule has 1 aliphatic heterocycles. The number of aromatic nitrogens is 1. The van der Waals surface area contributed by atoms with Gasteiger partial charge in [-0.05, 0) is 50.2 Å². The van der Waals surface area contributed by atoms with E-state index < -0.39 is 0 Å². The van der Waals surface area contributed by atoms with Gasteiger partial charge in [0, 0.05) is 51.3 Å². The maximum absolute atomic E-state index is 12.4. The van der Waals surface area contributed by atoms with E-state index in [0.717, 1.165) is 37.5 Å². The number of carbonyl (C=O) groups excluding carboxylic acids is 2. The lowest BCUT2D eigenvalue weighted by atomic mass is 10.1. The molecule has 28 heavy (non-hydrogen) atoms. The highest BCUT2D eigenvalue weighted by molar-refractivity contribution is 5.76. The van der Waals surface area contributed by atoms with Crippen molar-refractivity contribution in [3.05, 3.63) is 24.5 Å². The summed E-state index contributed by atoms with van der Waals surface area (Å²) >= 11 is 0. The van der Waals surface area contributed by atoms with Crippen molar-refractivity contribution >= 4 is 11.8 Å². The zero-order valence-electron chi connectivity index (χ0n) is 16.7. The number of hydrogen-bond acceptors (Lipinski definition) is 5. The first-order chi connectivity index (χ1) is 13.6. The minimum Gasteiger partial charge on any atom is -0.492 e. The Hall–Kier alpha value is -2.15. The number of likely N-dealkylation sites (tertiary alicyclic amines) is 1. The maximum atomic E-state index is 12.4. The molecule has 2 amide bonds. The van der Waals surface area contributed by atoms with Gasteiger partial charge >= 0.3 is 0 Å². The van der Waals surface area contributed by atoms with E-state index in [4.69, 9.17) is 4.74 Å². The summed E-state index contributed by atoms with van der Waals surface area (Å²) in [6.45, 7) is 4.47. The van der Waals surface area contributed by atoms with Gasteiger partial charge in [0.15, 0.2) is 0 Å². The molecule has 0 bridgehead atoms. The van der Waals surface area contributed by atoms with Gasteiger partial charge in [-0.25, -0.2) is 0 Å². The largest absolute Gasteiger partial charge is 0.492 e. The molecule has 1 aromatic rings. The number of amides is 2. The number of pyridine rings is 1. The SMILES string of the molecule is CC(=O)NC[C@H]1CC[C@@H](CC(=O)NCCCOc2cccnc2)N1CC1CC1. The van der Waals surface area contributed by atoms with Crippen LogP contribution in [0, 0.1) is 5.92 Å². The van der Waals surface area contributed by atoms with Gasteiger partial charge in [-0.2, -0.15) is 0 Å². The van der Waals surface area contributed by atoms with E-state index in [1.165, 1.54) is 12.8 Å². The van der Waals surface area contributed by atoms with Crippen LogP contribution in [0.15, 0.2) is 24.5 Å². The second-order valence-corrected chi connectivity index (χ2v) is 7.91. The van der Waals surface area contributed by atoms with E-state index in [2.05, 4.69) is 20.5 Å². The smallest absolute Gasteiger partial charge is 0.221 e. The van der Waals surface area contributed by atoms with Gasteiger partial charge < -0.3 is 15.4 Å². The third kappa shape index (κ3) is 6.78. The van der Waals surface area contributed by atoms with Crippen LogP contribution in [0.5, 0.6) is 5.75 Å². The molecule has 3 rings (SSSR count). The van der Waals surface area contributed by atoms with Crippen molar-refractivity contribution in [2.45, 2.75) is 57.5 Å². The molecule has 1 aromatic heterocycles. The predicted octanol–water partition coefficient (Wildman–Crippen LogP) is 1.74. The zero-order valence-corrected chi connectivity index (χ0v) is 16.7. The topological polar surface area (TPSA) is 83.6 Å². The third-order valence-corrected chi connectivity index (χ3v) is 5.49. The number of carbonyl (C=O) groups is 2. The average molecular weight is 389 g/mol. The fourth-order valence-electron chi connectivity index (χ4n) is 3.82. The number of nitrogens with zero attached hydrogens (tertiary/aromatic N) is 2. The fraction of sp³-hybridized carbons (Fsp3) is 0.667. The Bertz CT molecular complexity index is 636. The molecule has 1 saturated carbocycles. The van der Waals surface area contributed by atoms with Gasteiger partial charge in [0.25, 0.3) is 0 Å². The summed E-state index contributed by atoms with van der Waals surface area (Å²) in [5.41, 5.74) is 0. The van der Waals surface area contributed by atoms with Crippen molar-refractivity contribution in [1.29, 1.82) is 0 Å². The Balaban J connectivity index is 1.36. The lowest BCUT2D eigenvalue weighted by Gasteiger charge is -2.30. The van der Waals surface area contributed by atoms with E-state index in [1.54, 1.807) is 19.3 Å². The van der Waals surface area contributed by atoms with Gasteiger partial charge in [0.1, 0.15) is 5.75 Å². The molecule has 154 valence electrons. The Labute approximate surface area is 167 Å². The number of rotatable bonds is 11. The summed E-state index contributed by atoms with van der Waals surface area (Å²) < 4.78 is 5.59. The van der Waals surface area contributed by atoms with E-state index in [9.17, 15) is 9.59 Å². The molecule has 2 atom stereocenters. The minimum absolute atomic E-state index is 0.0149. The molecular formula is C21H32N4O3. The quantitative estimate of drug-likeness (QED) is 0.564. The van der Waals surface area contributed by atoms with Gasteiger partial charge in [-0.1, -0.05) is 0 Å². The van der Waals surface area contributed by atoms with Crippen LogP contribution in [0.25, 0.3) is 0 Å². The lowest BCUT2D eigenvalue weighted by Crippen LogP contribution is -2.45. The van der Waals surface area contributed by atoms with Gasteiger partial charge in [-0.3, -0.25) is 19.5 Å². The van der Waals surface area contributed by atoms with Crippen LogP contribution in [0.4, 0.5) is 0 Å². The highest BCUT2D eigenvalue weighted by Gasteiger charge is 2.37. The van der Waals surface area contributed by atoms with Crippen LogP contribution in [-0.4, -0.2) is 60.0 Å². The molecule has 0 aromatic carbocycles. The fourth-order valence-corrected chi connectivity index (χ4v) is 3.82. The van der Waals surface area contributed by atoms with Crippen molar-refractivity contribution in [3.8, 4) is 5.75 Å². The Kier molecular flexibility index (Phi) is 7.65. The van der Waals surface area contributed by atoms with E-state index in [0.29, 0.717) is 32.2 Å². The molecular weight excluding hydrogens is 356 g/mol. The molecule has 0 spiro atoms. The monoisotopic (exact) mass is 388 g/mol. The van der Waals surface area contributed by atoms with Crippen LogP contribution in [0.1, 0.15) is 45.4 Å². The highest BCUT2D eigenvalue weighted by Crippen LogP contribution is 2.35. The summed E-state index contributed by atoms with van der Waals surface area (Å²) in [6, 6.07) is 4.35. The second-order valence-electron chi connectivity index (χ2n) is 7.91. The Morgan fingerprint density at radius 3 is 2.75 bits per heavy atom. The Morgan fingerprint density at radius 2 is 2.04 bits per heavy atom. The summed E-state index contributed by atoms with van der Waals surface area (Å²) in [4.78, 5) is 30.1. The summed E-state index contributed by atoms with van der Waals surface area (Å²) in [7, 11) is 0. The number of ether oxygens (including phenoxy) is 1. The number of hydrogen-bond donors (Lipinski definition) is 2.